The van der Waals surface area contributed by atoms with E-state index in [-0.39, 0.29) is 16.9 Å². The van der Waals surface area contributed by atoms with Crippen molar-refractivity contribution >= 4 is 22.1 Å². The van der Waals surface area contributed by atoms with Gasteiger partial charge in [0.25, 0.3) is 5.56 Å². The van der Waals surface area contributed by atoms with Crippen LogP contribution >= 0.6 is 0 Å². The second-order valence-corrected chi connectivity index (χ2v) is 7.34. The molecule has 0 atom stereocenters. The maximum atomic E-state index is 13.5. The predicted octanol–water partition coefficient (Wildman–Crippen LogP) is 4.36. The number of fused-ring (bicyclic) bond motifs is 3. The zero-order valence-corrected chi connectivity index (χ0v) is 17.5. The van der Waals surface area contributed by atoms with Crippen molar-refractivity contribution < 1.29 is 17.9 Å². The number of imidazole rings is 1. The number of aromatic nitrogens is 5. The molecule has 166 valence electrons. The Bertz CT molecular complexity index is 1560. The molecule has 33 heavy (non-hydrogen) atoms. The summed E-state index contributed by atoms with van der Waals surface area (Å²) in [4.78, 5) is 25.9. The average Bonchev–Trinajstić information content (AvgIpc) is 3.17. The molecule has 0 unspecified atom stereocenters. The van der Waals surface area contributed by atoms with Crippen molar-refractivity contribution in [1.29, 1.82) is 0 Å². The third-order valence-electron chi connectivity index (χ3n) is 5.39. The Hall–Kier alpha value is -4.21. The average molecular weight is 451 g/mol. The number of methoxy groups -OCH3 is 1. The largest absolute Gasteiger partial charge is 0.497 e. The molecule has 10 heteroatoms. The van der Waals surface area contributed by atoms with Gasteiger partial charge in [0.05, 0.1) is 24.5 Å². The summed E-state index contributed by atoms with van der Waals surface area (Å²) in [5.41, 5.74) is -0.299. The Morgan fingerprint density at radius 2 is 1.76 bits per heavy atom. The highest BCUT2D eigenvalue weighted by Crippen LogP contribution is 2.33. The SMILES string of the molecule is COc1ccc(-c2nc3c(=O)n(-c4cccnc4)c4nc(C(F)(F)F)ccc4c3n2C)cc1. The molecular weight excluding hydrogens is 435 g/mol. The summed E-state index contributed by atoms with van der Waals surface area (Å²) in [5.74, 6) is 1.14. The lowest BCUT2D eigenvalue weighted by Gasteiger charge is -2.13. The molecule has 0 bridgehead atoms. The number of hydrogen-bond donors (Lipinski definition) is 0. The number of pyridine rings is 3. The predicted molar refractivity (Wildman–Crippen MR) is 116 cm³/mol. The van der Waals surface area contributed by atoms with E-state index in [4.69, 9.17) is 4.74 Å². The van der Waals surface area contributed by atoms with Gasteiger partial charge in [-0.2, -0.15) is 13.2 Å². The van der Waals surface area contributed by atoms with Gasteiger partial charge in [-0.15, -0.1) is 0 Å². The van der Waals surface area contributed by atoms with Gasteiger partial charge in [0.15, 0.2) is 5.52 Å². The monoisotopic (exact) mass is 451 g/mol. The summed E-state index contributed by atoms with van der Waals surface area (Å²) >= 11 is 0. The summed E-state index contributed by atoms with van der Waals surface area (Å²) in [6, 6.07) is 12.5. The van der Waals surface area contributed by atoms with Crippen LogP contribution in [-0.4, -0.2) is 31.2 Å². The van der Waals surface area contributed by atoms with Crippen molar-refractivity contribution in [3.05, 3.63) is 77.0 Å². The van der Waals surface area contributed by atoms with Crippen LogP contribution in [0.25, 0.3) is 39.1 Å². The van der Waals surface area contributed by atoms with Gasteiger partial charge in [0, 0.05) is 24.2 Å². The van der Waals surface area contributed by atoms with Crippen LogP contribution in [0.3, 0.4) is 0 Å². The first kappa shape index (κ1) is 20.7. The van der Waals surface area contributed by atoms with E-state index in [1.165, 1.54) is 18.5 Å². The molecule has 0 aliphatic heterocycles. The van der Waals surface area contributed by atoms with Gasteiger partial charge in [-0.3, -0.25) is 14.3 Å². The lowest BCUT2D eigenvalue weighted by atomic mass is 10.2. The Balaban J connectivity index is 1.90. The summed E-state index contributed by atoms with van der Waals surface area (Å²) in [5, 5.41) is 0.358. The Kier molecular flexibility index (Phi) is 4.66. The molecule has 0 saturated heterocycles. The molecule has 0 aliphatic rings. The van der Waals surface area contributed by atoms with Gasteiger partial charge in [-0.1, -0.05) is 0 Å². The van der Waals surface area contributed by atoms with Gasteiger partial charge >= 0.3 is 6.18 Å². The number of halogens is 3. The fourth-order valence-electron chi connectivity index (χ4n) is 3.84. The van der Waals surface area contributed by atoms with Crippen molar-refractivity contribution in [3.8, 4) is 22.8 Å². The minimum absolute atomic E-state index is 0.112. The van der Waals surface area contributed by atoms with E-state index in [1.807, 2.05) is 0 Å². The van der Waals surface area contributed by atoms with E-state index in [9.17, 15) is 18.0 Å². The van der Waals surface area contributed by atoms with Gasteiger partial charge in [-0.25, -0.2) is 9.97 Å². The first-order chi connectivity index (χ1) is 15.8. The number of alkyl halides is 3. The van der Waals surface area contributed by atoms with Crippen LogP contribution in [0.4, 0.5) is 13.2 Å². The molecule has 0 spiro atoms. The molecule has 5 rings (SSSR count). The van der Waals surface area contributed by atoms with Crippen molar-refractivity contribution in [1.82, 2.24) is 24.1 Å². The van der Waals surface area contributed by atoms with E-state index >= 15 is 0 Å². The Morgan fingerprint density at radius 1 is 1.00 bits per heavy atom. The number of hydrogen-bond acceptors (Lipinski definition) is 5. The minimum Gasteiger partial charge on any atom is -0.497 e. The maximum absolute atomic E-state index is 13.5. The molecule has 7 nitrogen and oxygen atoms in total. The molecule has 5 aromatic rings. The number of ether oxygens (including phenoxy) is 1. The second-order valence-electron chi connectivity index (χ2n) is 7.34. The zero-order valence-electron chi connectivity index (χ0n) is 17.5. The quantitative estimate of drug-likeness (QED) is 0.408. The molecule has 4 heterocycles. The normalized spacial score (nSPS) is 11.9. The van der Waals surface area contributed by atoms with Crippen LogP contribution in [0.5, 0.6) is 5.75 Å². The maximum Gasteiger partial charge on any atom is 0.433 e. The zero-order chi connectivity index (χ0) is 23.3. The van der Waals surface area contributed by atoms with Crippen LogP contribution in [0.15, 0.2) is 65.7 Å². The minimum atomic E-state index is -4.67. The summed E-state index contributed by atoms with van der Waals surface area (Å²) < 4.78 is 48.3. The summed E-state index contributed by atoms with van der Waals surface area (Å²) in [6.07, 6.45) is -1.77. The Labute approximate surface area is 184 Å². The molecule has 0 aliphatic carbocycles. The molecule has 0 N–H and O–H groups in total. The van der Waals surface area contributed by atoms with Crippen molar-refractivity contribution in [3.63, 3.8) is 0 Å². The molecule has 0 radical (unpaired) electrons. The highest BCUT2D eigenvalue weighted by molar-refractivity contribution is 6.03. The van der Waals surface area contributed by atoms with Crippen LogP contribution in [0, 0.1) is 0 Å². The van der Waals surface area contributed by atoms with Gasteiger partial charge in [0.1, 0.15) is 22.9 Å². The molecule has 0 amide bonds. The third-order valence-corrected chi connectivity index (χ3v) is 5.39. The lowest BCUT2D eigenvalue weighted by molar-refractivity contribution is -0.141. The third kappa shape index (κ3) is 3.30. The highest BCUT2D eigenvalue weighted by atomic mass is 19.4. The molecule has 4 aromatic heterocycles. The van der Waals surface area contributed by atoms with E-state index in [2.05, 4.69) is 15.0 Å². The van der Waals surface area contributed by atoms with Crippen LogP contribution in [0.2, 0.25) is 0 Å². The lowest BCUT2D eigenvalue weighted by Crippen LogP contribution is -2.21. The first-order valence-electron chi connectivity index (χ1n) is 9.84. The molecular formula is C23H16F3N5O2. The van der Waals surface area contributed by atoms with E-state index in [1.54, 1.807) is 55.1 Å². The van der Waals surface area contributed by atoms with Crippen molar-refractivity contribution in [2.75, 3.05) is 7.11 Å². The first-order valence-corrected chi connectivity index (χ1v) is 9.84. The fraction of sp³-hybridized carbons (Fsp3) is 0.130. The summed E-state index contributed by atoms with van der Waals surface area (Å²) in [6.45, 7) is 0. The van der Waals surface area contributed by atoms with Crippen LogP contribution in [0.1, 0.15) is 5.69 Å². The number of nitrogens with zero attached hydrogens (tertiary/aromatic N) is 5. The molecule has 1 aromatic carbocycles. The Morgan fingerprint density at radius 3 is 2.39 bits per heavy atom. The number of benzene rings is 1. The van der Waals surface area contributed by atoms with Gasteiger partial charge in [-0.05, 0) is 48.5 Å². The molecule has 0 saturated carbocycles. The van der Waals surface area contributed by atoms with Crippen LogP contribution < -0.4 is 10.3 Å². The van der Waals surface area contributed by atoms with Gasteiger partial charge in [0.2, 0.25) is 0 Å². The highest BCUT2D eigenvalue weighted by Gasteiger charge is 2.33. The van der Waals surface area contributed by atoms with Crippen molar-refractivity contribution in [2.24, 2.45) is 7.05 Å². The topological polar surface area (TPSA) is 74.8 Å². The van der Waals surface area contributed by atoms with Crippen LogP contribution in [-0.2, 0) is 13.2 Å². The van der Waals surface area contributed by atoms with E-state index in [0.717, 1.165) is 16.2 Å². The van der Waals surface area contributed by atoms with Gasteiger partial charge < -0.3 is 9.30 Å². The van der Waals surface area contributed by atoms with E-state index < -0.39 is 17.4 Å². The smallest absolute Gasteiger partial charge is 0.433 e. The second kappa shape index (κ2) is 7.44. The standard InChI is InChI=1S/C23H16F3N5O2/c1-30-19-16-9-10-17(23(24,25)26)28-21(16)31(14-4-3-11-27-12-14)22(32)18(19)29-20(30)13-5-7-15(33-2)8-6-13/h3-12H,1-2H3. The fourth-order valence-corrected chi connectivity index (χ4v) is 3.84. The number of aryl methyl sites for hydroxylation is 1. The molecule has 0 fully saturated rings. The van der Waals surface area contributed by atoms with Crippen molar-refractivity contribution in [2.45, 2.75) is 6.18 Å². The summed E-state index contributed by atoms with van der Waals surface area (Å²) in [7, 11) is 3.26. The number of rotatable bonds is 3. The van der Waals surface area contributed by atoms with E-state index in [0.29, 0.717) is 22.5 Å².